The fourth-order valence-electron chi connectivity index (χ4n) is 3.75. The van der Waals surface area contributed by atoms with Crippen LogP contribution in [0.4, 0.5) is 8.78 Å². The van der Waals surface area contributed by atoms with Gasteiger partial charge in [-0.25, -0.2) is 23.1 Å². The van der Waals surface area contributed by atoms with Gasteiger partial charge < -0.3 is 9.84 Å². The molecular weight excluding hydrogens is 430 g/mol. The third-order valence-electron chi connectivity index (χ3n) is 5.66. The number of nitrogens with zero attached hydrogens (tertiary/aromatic N) is 6. The van der Waals surface area contributed by atoms with E-state index in [1.165, 1.54) is 23.4 Å². The average Bonchev–Trinajstić information content (AvgIpc) is 3.49. The van der Waals surface area contributed by atoms with E-state index in [-0.39, 0.29) is 12.1 Å². The van der Waals surface area contributed by atoms with E-state index in [2.05, 4.69) is 20.4 Å². The highest BCUT2D eigenvalue weighted by Gasteiger charge is 2.40. The summed E-state index contributed by atoms with van der Waals surface area (Å²) in [5.74, 6) is -2.11. The van der Waals surface area contributed by atoms with Crippen LogP contribution in [0.5, 0.6) is 0 Å². The molecule has 0 aliphatic carbocycles. The molecule has 0 saturated carbocycles. The number of aliphatic hydroxyl groups is 1. The third kappa shape index (κ3) is 4.81. The Balaban J connectivity index is 1.64. The van der Waals surface area contributed by atoms with Gasteiger partial charge in [-0.2, -0.15) is 5.10 Å². The van der Waals surface area contributed by atoms with Crippen LogP contribution in [0.1, 0.15) is 30.9 Å². The minimum absolute atomic E-state index is 0.0187. The largest absolute Gasteiger partial charge is 0.382 e. The lowest BCUT2D eigenvalue weighted by Gasteiger charge is -2.35. The molecule has 172 valence electrons. The van der Waals surface area contributed by atoms with Gasteiger partial charge in [0, 0.05) is 29.7 Å². The van der Waals surface area contributed by atoms with E-state index < -0.39 is 23.2 Å². The second-order valence-corrected chi connectivity index (χ2v) is 7.75. The maximum atomic E-state index is 14.8. The van der Waals surface area contributed by atoms with Crippen molar-refractivity contribution in [1.82, 2.24) is 29.8 Å². The van der Waals surface area contributed by atoms with E-state index in [9.17, 15) is 13.9 Å². The van der Waals surface area contributed by atoms with Crippen LogP contribution in [-0.2, 0) is 23.6 Å². The Morgan fingerprint density at radius 1 is 1.12 bits per heavy atom. The average molecular weight is 454 g/mol. The van der Waals surface area contributed by atoms with Gasteiger partial charge in [0.2, 0.25) is 0 Å². The predicted molar refractivity (Wildman–Crippen MR) is 116 cm³/mol. The Hall–Kier alpha value is -3.50. The van der Waals surface area contributed by atoms with Gasteiger partial charge in [0.1, 0.15) is 42.3 Å². The molecule has 0 saturated heterocycles. The molecule has 0 bridgehead atoms. The van der Waals surface area contributed by atoms with Gasteiger partial charge in [0.15, 0.2) is 0 Å². The van der Waals surface area contributed by atoms with Gasteiger partial charge in [-0.15, -0.1) is 5.10 Å². The van der Waals surface area contributed by atoms with Crippen molar-refractivity contribution < 1.29 is 18.6 Å². The molecule has 33 heavy (non-hydrogen) atoms. The van der Waals surface area contributed by atoms with Crippen LogP contribution in [-0.4, -0.2) is 41.5 Å². The maximum absolute atomic E-state index is 14.8. The standard InChI is InChI=1S/C23H24F2N6O2/c1-3-33-15-30-11-22(28-29-30)18-6-4-17(5-7-18)16(2)23(32,12-31-14-26-13-27-31)20-9-8-19(24)10-21(20)25/h4-11,13-14,16,32H,3,12,15H2,1-2H3. The number of ether oxygens (including phenoxy) is 1. The fourth-order valence-corrected chi connectivity index (χ4v) is 3.75. The molecule has 2 heterocycles. The molecule has 2 atom stereocenters. The molecule has 0 amide bonds. The number of hydrogen-bond acceptors (Lipinski definition) is 6. The summed E-state index contributed by atoms with van der Waals surface area (Å²) >= 11 is 0. The molecule has 2 aromatic carbocycles. The van der Waals surface area contributed by atoms with E-state index in [0.29, 0.717) is 19.0 Å². The summed E-state index contributed by atoms with van der Waals surface area (Å²) < 4.78 is 36.6. The number of halogens is 2. The Bertz CT molecular complexity index is 1200. The van der Waals surface area contributed by atoms with Gasteiger partial charge >= 0.3 is 0 Å². The number of benzene rings is 2. The first-order valence-electron chi connectivity index (χ1n) is 10.5. The Morgan fingerprint density at radius 3 is 2.58 bits per heavy atom. The zero-order valence-corrected chi connectivity index (χ0v) is 18.3. The number of rotatable bonds is 9. The van der Waals surface area contributed by atoms with E-state index in [0.717, 1.165) is 23.3 Å². The van der Waals surface area contributed by atoms with Crippen LogP contribution in [0.2, 0.25) is 0 Å². The first-order chi connectivity index (χ1) is 15.9. The first-order valence-corrected chi connectivity index (χ1v) is 10.5. The highest BCUT2D eigenvalue weighted by Crippen LogP contribution is 2.40. The molecule has 10 heteroatoms. The van der Waals surface area contributed by atoms with Crippen molar-refractivity contribution >= 4 is 0 Å². The lowest BCUT2D eigenvalue weighted by atomic mass is 9.78. The van der Waals surface area contributed by atoms with Gasteiger partial charge in [0.05, 0.1) is 12.7 Å². The normalized spacial score (nSPS) is 14.2. The summed E-state index contributed by atoms with van der Waals surface area (Å²) in [6, 6.07) is 10.6. The maximum Gasteiger partial charge on any atom is 0.141 e. The summed E-state index contributed by atoms with van der Waals surface area (Å²) in [6.07, 6.45) is 4.55. The summed E-state index contributed by atoms with van der Waals surface area (Å²) in [4.78, 5) is 3.90. The highest BCUT2D eigenvalue weighted by molar-refractivity contribution is 5.58. The van der Waals surface area contributed by atoms with E-state index in [4.69, 9.17) is 4.74 Å². The minimum Gasteiger partial charge on any atom is -0.382 e. The topological polar surface area (TPSA) is 90.9 Å². The summed E-state index contributed by atoms with van der Waals surface area (Å²) in [7, 11) is 0. The lowest BCUT2D eigenvalue weighted by molar-refractivity contribution is -0.0112. The molecule has 2 aromatic heterocycles. The van der Waals surface area contributed by atoms with Crippen molar-refractivity contribution in [3.05, 3.63) is 84.1 Å². The fraction of sp³-hybridized carbons (Fsp3) is 0.304. The third-order valence-corrected chi connectivity index (χ3v) is 5.66. The molecule has 0 fully saturated rings. The second kappa shape index (κ2) is 9.55. The summed E-state index contributed by atoms with van der Waals surface area (Å²) in [5.41, 5.74) is 0.535. The Kier molecular flexibility index (Phi) is 6.57. The van der Waals surface area contributed by atoms with E-state index >= 15 is 0 Å². The summed E-state index contributed by atoms with van der Waals surface area (Å²) in [5, 5.41) is 24.0. The molecule has 2 unspecified atom stereocenters. The lowest BCUT2D eigenvalue weighted by Crippen LogP contribution is -2.38. The van der Waals surface area contributed by atoms with Crippen LogP contribution >= 0.6 is 0 Å². The zero-order valence-electron chi connectivity index (χ0n) is 18.3. The molecule has 4 rings (SSSR count). The van der Waals surface area contributed by atoms with Crippen molar-refractivity contribution in [2.75, 3.05) is 6.61 Å². The Labute approximate surface area is 189 Å². The van der Waals surface area contributed by atoms with E-state index in [1.807, 2.05) is 31.2 Å². The van der Waals surface area contributed by atoms with E-state index in [1.54, 1.807) is 17.8 Å². The number of hydrogen-bond donors (Lipinski definition) is 1. The SMILES string of the molecule is CCOCn1cc(-c2ccc(C(C)C(O)(Cn3cncn3)c3ccc(F)cc3F)cc2)nn1. The molecule has 0 aliphatic heterocycles. The van der Waals surface area contributed by atoms with Crippen molar-refractivity contribution in [1.29, 1.82) is 0 Å². The first kappa shape index (κ1) is 22.7. The van der Waals surface area contributed by atoms with Gasteiger partial charge in [-0.1, -0.05) is 42.5 Å². The van der Waals surface area contributed by atoms with Crippen molar-refractivity contribution in [3.8, 4) is 11.3 Å². The second-order valence-electron chi connectivity index (χ2n) is 7.75. The van der Waals surface area contributed by atoms with Crippen molar-refractivity contribution in [3.63, 3.8) is 0 Å². The van der Waals surface area contributed by atoms with Gasteiger partial charge in [0.25, 0.3) is 0 Å². The van der Waals surface area contributed by atoms with Crippen LogP contribution in [0.15, 0.2) is 61.3 Å². The molecule has 0 aliphatic rings. The quantitative estimate of drug-likeness (QED) is 0.416. The molecule has 1 N–H and O–H groups in total. The number of aromatic nitrogens is 6. The molecule has 0 spiro atoms. The van der Waals surface area contributed by atoms with Gasteiger partial charge in [-0.3, -0.25) is 0 Å². The highest BCUT2D eigenvalue weighted by atomic mass is 19.1. The van der Waals surface area contributed by atoms with Gasteiger partial charge in [-0.05, 0) is 18.6 Å². The molecule has 8 nitrogen and oxygen atoms in total. The molecule has 4 aromatic rings. The monoisotopic (exact) mass is 454 g/mol. The van der Waals surface area contributed by atoms with Crippen LogP contribution in [0.3, 0.4) is 0 Å². The predicted octanol–water partition coefficient (Wildman–Crippen LogP) is 3.50. The van der Waals surface area contributed by atoms with Crippen molar-refractivity contribution in [2.24, 2.45) is 0 Å². The Morgan fingerprint density at radius 2 is 1.91 bits per heavy atom. The molecular formula is C23H24F2N6O2. The van der Waals surface area contributed by atoms with Crippen LogP contribution in [0, 0.1) is 11.6 Å². The zero-order chi connectivity index (χ0) is 23.4. The van der Waals surface area contributed by atoms with Crippen LogP contribution in [0.25, 0.3) is 11.3 Å². The van der Waals surface area contributed by atoms with Crippen LogP contribution < -0.4 is 0 Å². The molecule has 0 radical (unpaired) electrons. The summed E-state index contributed by atoms with van der Waals surface area (Å²) in [6.45, 7) is 4.52. The van der Waals surface area contributed by atoms with Crippen molar-refractivity contribution in [2.45, 2.75) is 38.6 Å². The smallest absolute Gasteiger partial charge is 0.141 e. The minimum atomic E-state index is -1.71.